The van der Waals surface area contributed by atoms with Gasteiger partial charge in [0.05, 0.1) is 28.6 Å². The van der Waals surface area contributed by atoms with E-state index in [1.165, 1.54) is 4.90 Å². The molecule has 0 unspecified atom stereocenters. The Hall–Kier alpha value is -3.27. The lowest BCUT2D eigenvalue weighted by molar-refractivity contribution is -0.140. The molecular formula is C33H39Cl2N3O5S. The van der Waals surface area contributed by atoms with Gasteiger partial charge in [-0.05, 0) is 67.3 Å². The van der Waals surface area contributed by atoms with Crippen LogP contribution in [-0.2, 0) is 32.6 Å². The van der Waals surface area contributed by atoms with E-state index in [0.717, 1.165) is 48.2 Å². The Balaban J connectivity index is 1.72. The van der Waals surface area contributed by atoms with Crippen LogP contribution in [0.5, 0.6) is 5.75 Å². The average molecular weight is 661 g/mol. The third-order valence-electron chi connectivity index (χ3n) is 7.67. The molecule has 4 rings (SSSR count). The van der Waals surface area contributed by atoms with Crippen LogP contribution in [0.25, 0.3) is 0 Å². The summed E-state index contributed by atoms with van der Waals surface area (Å²) in [6.07, 6.45) is 6.26. The van der Waals surface area contributed by atoms with E-state index in [9.17, 15) is 18.0 Å². The van der Waals surface area contributed by atoms with Crippen molar-refractivity contribution >= 4 is 50.7 Å². The Labute approximate surface area is 270 Å². The molecule has 0 aromatic heterocycles. The molecule has 0 saturated heterocycles. The molecule has 1 saturated carbocycles. The van der Waals surface area contributed by atoms with Gasteiger partial charge in [0.15, 0.2) is 0 Å². The first-order valence-corrected chi connectivity index (χ1v) is 17.4. The van der Waals surface area contributed by atoms with Crippen LogP contribution in [0.3, 0.4) is 0 Å². The van der Waals surface area contributed by atoms with Crippen LogP contribution < -0.4 is 14.4 Å². The van der Waals surface area contributed by atoms with E-state index >= 15 is 0 Å². The molecule has 1 atom stereocenters. The zero-order chi connectivity index (χ0) is 31.7. The topological polar surface area (TPSA) is 96.0 Å². The van der Waals surface area contributed by atoms with Crippen molar-refractivity contribution in [3.63, 3.8) is 0 Å². The maximum absolute atomic E-state index is 14.3. The van der Waals surface area contributed by atoms with Crippen LogP contribution >= 0.6 is 23.2 Å². The molecule has 0 aliphatic heterocycles. The Morgan fingerprint density at radius 2 is 1.61 bits per heavy atom. The second-order valence-electron chi connectivity index (χ2n) is 11.0. The van der Waals surface area contributed by atoms with Gasteiger partial charge < -0.3 is 15.0 Å². The molecule has 2 amide bonds. The SMILES string of the molecule is CCOc1ccc(N(CC(=O)N(Cc2ccc(Cl)c(Cl)c2)[C@H](Cc2ccccc2)C(=O)NC2CCCCC2)S(C)(=O)=O)cc1. The summed E-state index contributed by atoms with van der Waals surface area (Å²) in [5.74, 6) is -0.226. The number of nitrogens with one attached hydrogen (secondary N) is 1. The Kier molecular flexibility index (Phi) is 11.9. The molecular weight excluding hydrogens is 621 g/mol. The molecule has 0 bridgehead atoms. The van der Waals surface area contributed by atoms with Gasteiger partial charge in [-0.15, -0.1) is 0 Å². The van der Waals surface area contributed by atoms with Crippen molar-refractivity contribution in [3.05, 3.63) is 94.0 Å². The molecule has 0 radical (unpaired) electrons. The maximum Gasteiger partial charge on any atom is 0.244 e. The number of carbonyl (C=O) groups excluding carboxylic acids is 2. The van der Waals surface area contributed by atoms with Gasteiger partial charge in [-0.25, -0.2) is 8.42 Å². The van der Waals surface area contributed by atoms with E-state index in [1.54, 1.807) is 42.5 Å². The minimum atomic E-state index is -3.88. The van der Waals surface area contributed by atoms with Gasteiger partial charge in [0.25, 0.3) is 0 Å². The van der Waals surface area contributed by atoms with Gasteiger partial charge in [-0.3, -0.25) is 13.9 Å². The molecule has 1 aliphatic carbocycles. The molecule has 1 N–H and O–H groups in total. The van der Waals surface area contributed by atoms with Crippen molar-refractivity contribution in [2.24, 2.45) is 0 Å². The molecule has 3 aromatic rings. The summed E-state index contributed by atoms with van der Waals surface area (Å²) in [5.41, 5.74) is 1.84. The molecule has 8 nitrogen and oxygen atoms in total. The lowest BCUT2D eigenvalue weighted by Gasteiger charge is -2.35. The highest BCUT2D eigenvalue weighted by Crippen LogP contribution is 2.26. The van der Waals surface area contributed by atoms with Gasteiger partial charge in [0.2, 0.25) is 21.8 Å². The van der Waals surface area contributed by atoms with Crippen LogP contribution in [0.1, 0.15) is 50.2 Å². The van der Waals surface area contributed by atoms with Crippen molar-refractivity contribution in [2.75, 3.05) is 23.7 Å². The normalized spacial score (nSPS) is 14.5. The Bertz CT molecular complexity index is 1510. The first kappa shape index (κ1) is 33.6. The fourth-order valence-electron chi connectivity index (χ4n) is 5.42. The lowest BCUT2D eigenvalue weighted by Crippen LogP contribution is -2.55. The fourth-order valence-corrected chi connectivity index (χ4v) is 6.59. The first-order chi connectivity index (χ1) is 21.0. The number of amides is 2. The van der Waals surface area contributed by atoms with Crippen molar-refractivity contribution in [3.8, 4) is 5.75 Å². The van der Waals surface area contributed by atoms with E-state index in [1.807, 2.05) is 37.3 Å². The maximum atomic E-state index is 14.3. The summed E-state index contributed by atoms with van der Waals surface area (Å²) < 4.78 is 32.6. The minimum absolute atomic E-state index is 0.0200. The van der Waals surface area contributed by atoms with Gasteiger partial charge >= 0.3 is 0 Å². The van der Waals surface area contributed by atoms with Crippen molar-refractivity contribution < 1.29 is 22.7 Å². The zero-order valence-electron chi connectivity index (χ0n) is 25.0. The number of hydrogen-bond acceptors (Lipinski definition) is 5. The predicted molar refractivity (Wildman–Crippen MR) is 176 cm³/mol. The van der Waals surface area contributed by atoms with E-state index in [4.69, 9.17) is 27.9 Å². The number of halogens is 2. The van der Waals surface area contributed by atoms with E-state index in [2.05, 4.69) is 5.32 Å². The largest absolute Gasteiger partial charge is 0.494 e. The predicted octanol–water partition coefficient (Wildman–Crippen LogP) is 6.25. The minimum Gasteiger partial charge on any atom is -0.494 e. The van der Waals surface area contributed by atoms with Crippen LogP contribution in [-0.4, -0.2) is 56.6 Å². The summed E-state index contributed by atoms with van der Waals surface area (Å²) in [7, 11) is -3.88. The number of benzene rings is 3. The molecule has 1 aliphatic rings. The summed E-state index contributed by atoms with van der Waals surface area (Å²) in [6.45, 7) is 1.83. The molecule has 0 heterocycles. The number of ether oxygens (including phenoxy) is 1. The number of nitrogens with zero attached hydrogens (tertiary/aromatic N) is 2. The van der Waals surface area contributed by atoms with Gasteiger partial charge in [0, 0.05) is 19.0 Å². The quantitative estimate of drug-likeness (QED) is 0.234. The van der Waals surface area contributed by atoms with Crippen LogP contribution in [0, 0.1) is 0 Å². The van der Waals surface area contributed by atoms with E-state index in [-0.39, 0.29) is 24.9 Å². The van der Waals surface area contributed by atoms with Crippen molar-refractivity contribution in [2.45, 2.75) is 64.1 Å². The highest BCUT2D eigenvalue weighted by molar-refractivity contribution is 7.92. The van der Waals surface area contributed by atoms with Crippen LogP contribution in [0.15, 0.2) is 72.8 Å². The molecule has 0 spiro atoms. The third kappa shape index (κ3) is 9.36. The second-order valence-corrected chi connectivity index (χ2v) is 13.7. The molecule has 11 heteroatoms. The number of rotatable bonds is 13. The third-order valence-corrected chi connectivity index (χ3v) is 9.55. The smallest absolute Gasteiger partial charge is 0.244 e. The van der Waals surface area contributed by atoms with Crippen molar-refractivity contribution in [1.29, 1.82) is 0 Å². The van der Waals surface area contributed by atoms with Gasteiger partial charge in [0.1, 0.15) is 18.3 Å². The number of sulfonamides is 1. The average Bonchev–Trinajstić information content (AvgIpc) is 3.00. The number of carbonyl (C=O) groups is 2. The lowest BCUT2D eigenvalue weighted by atomic mass is 9.94. The molecule has 1 fully saturated rings. The zero-order valence-corrected chi connectivity index (χ0v) is 27.4. The van der Waals surface area contributed by atoms with E-state index in [0.29, 0.717) is 33.7 Å². The first-order valence-electron chi connectivity index (χ1n) is 14.8. The van der Waals surface area contributed by atoms with Gasteiger partial charge in [-0.1, -0.05) is 78.9 Å². The van der Waals surface area contributed by atoms with Crippen LogP contribution in [0.4, 0.5) is 5.69 Å². The standard InChI is InChI=1S/C33H39Cl2N3O5S/c1-3-43-28-17-15-27(16-18-28)38(44(2,41)42)23-32(39)37(22-25-14-19-29(34)30(35)20-25)31(21-24-10-6-4-7-11-24)33(40)36-26-12-8-5-9-13-26/h4,6-7,10-11,14-20,26,31H,3,5,8-9,12-13,21-23H2,1-2H3,(H,36,40)/t31-/m1/s1. The molecule has 3 aromatic carbocycles. The van der Waals surface area contributed by atoms with Gasteiger partial charge in [-0.2, -0.15) is 0 Å². The summed E-state index contributed by atoms with van der Waals surface area (Å²) in [4.78, 5) is 29.8. The fraction of sp³-hybridized carbons (Fsp3) is 0.394. The summed E-state index contributed by atoms with van der Waals surface area (Å²) in [6, 6.07) is 20.1. The monoisotopic (exact) mass is 659 g/mol. The summed E-state index contributed by atoms with van der Waals surface area (Å²) >= 11 is 12.5. The summed E-state index contributed by atoms with van der Waals surface area (Å²) in [5, 5.41) is 3.87. The number of hydrogen-bond donors (Lipinski definition) is 1. The van der Waals surface area contributed by atoms with Crippen LogP contribution in [0.2, 0.25) is 10.0 Å². The highest BCUT2D eigenvalue weighted by atomic mass is 35.5. The second kappa shape index (κ2) is 15.6. The number of anilines is 1. The molecule has 236 valence electrons. The highest BCUT2D eigenvalue weighted by Gasteiger charge is 2.34. The molecule has 44 heavy (non-hydrogen) atoms. The van der Waals surface area contributed by atoms with E-state index < -0.39 is 28.5 Å². The van der Waals surface area contributed by atoms with Crippen molar-refractivity contribution in [1.82, 2.24) is 10.2 Å². The Morgan fingerprint density at radius 1 is 0.932 bits per heavy atom. The Morgan fingerprint density at radius 3 is 2.23 bits per heavy atom.